The summed E-state index contributed by atoms with van der Waals surface area (Å²) in [7, 11) is 1.83. The summed E-state index contributed by atoms with van der Waals surface area (Å²) in [5.74, 6) is 0.778. The van der Waals surface area contributed by atoms with E-state index in [9.17, 15) is 4.79 Å². The monoisotopic (exact) mass is 252 g/mol. The van der Waals surface area contributed by atoms with Crippen LogP contribution in [-0.4, -0.2) is 40.2 Å². The van der Waals surface area contributed by atoms with E-state index in [1.54, 1.807) is 4.68 Å². The Morgan fingerprint density at radius 2 is 2.22 bits per heavy atom. The summed E-state index contributed by atoms with van der Waals surface area (Å²) in [5, 5.41) is 7.09. The number of nitrogens with zero attached hydrogens (tertiary/aromatic N) is 3. The van der Waals surface area contributed by atoms with Crippen molar-refractivity contribution >= 4 is 11.7 Å². The van der Waals surface area contributed by atoms with Crippen LogP contribution >= 0.6 is 0 Å². The Balaban J connectivity index is 2.47. The molecule has 0 aromatic carbocycles. The van der Waals surface area contributed by atoms with E-state index in [4.69, 9.17) is 0 Å². The average molecular weight is 252 g/mol. The van der Waals surface area contributed by atoms with Gasteiger partial charge in [-0.15, -0.1) is 0 Å². The number of hydrogen-bond acceptors (Lipinski definition) is 3. The van der Waals surface area contributed by atoms with E-state index in [1.165, 1.54) is 0 Å². The van der Waals surface area contributed by atoms with Gasteiger partial charge < -0.3 is 5.32 Å². The van der Waals surface area contributed by atoms with E-state index in [0.717, 1.165) is 37.4 Å². The van der Waals surface area contributed by atoms with Crippen molar-refractivity contribution in [2.45, 2.75) is 33.6 Å². The molecule has 0 aliphatic carbocycles. The number of unbranched alkanes of at least 4 members (excludes halogenated alkanes) is 1. The van der Waals surface area contributed by atoms with Gasteiger partial charge in [0.15, 0.2) is 0 Å². The fraction of sp³-hybridized carbons (Fsp3) is 0.692. The summed E-state index contributed by atoms with van der Waals surface area (Å²) in [5.41, 5.74) is 0.908. The first-order valence-corrected chi connectivity index (χ1v) is 6.59. The van der Waals surface area contributed by atoms with Crippen LogP contribution in [0.1, 0.15) is 32.4 Å². The molecule has 0 saturated heterocycles. The molecule has 0 aliphatic rings. The molecule has 5 heteroatoms. The van der Waals surface area contributed by atoms with Crippen molar-refractivity contribution < 1.29 is 4.79 Å². The third-order valence-corrected chi connectivity index (χ3v) is 2.91. The Bertz CT molecular complexity index is 386. The van der Waals surface area contributed by atoms with E-state index < -0.39 is 0 Å². The number of likely N-dealkylation sites (N-methyl/N-ethyl adjacent to an activating group) is 1. The Morgan fingerprint density at radius 3 is 2.72 bits per heavy atom. The maximum atomic E-state index is 11.9. The van der Waals surface area contributed by atoms with Crippen LogP contribution in [0.3, 0.4) is 0 Å². The second kappa shape index (κ2) is 7.16. The van der Waals surface area contributed by atoms with Crippen LogP contribution < -0.4 is 5.32 Å². The van der Waals surface area contributed by atoms with Crippen molar-refractivity contribution in [2.75, 3.05) is 25.0 Å². The van der Waals surface area contributed by atoms with Gasteiger partial charge in [0, 0.05) is 13.1 Å². The van der Waals surface area contributed by atoms with Crippen LogP contribution in [0.2, 0.25) is 0 Å². The number of aromatic nitrogens is 2. The third-order valence-electron chi connectivity index (χ3n) is 2.91. The molecule has 0 radical (unpaired) electrons. The molecule has 0 atom stereocenters. The van der Waals surface area contributed by atoms with Gasteiger partial charge in [-0.25, -0.2) is 0 Å². The Kier molecular flexibility index (Phi) is 5.85. The van der Waals surface area contributed by atoms with Gasteiger partial charge in [0.2, 0.25) is 5.91 Å². The molecule has 102 valence electrons. The van der Waals surface area contributed by atoms with Gasteiger partial charge in [-0.05, 0) is 26.4 Å². The second-order valence-corrected chi connectivity index (χ2v) is 4.57. The van der Waals surface area contributed by atoms with Crippen molar-refractivity contribution in [2.24, 2.45) is 7.05 Å². The van der Waals surface area contributed by atoms with Crippen LogP contribution in [-0.2, 0) is 11.8 Å². The maximum Gasteiger partial charge on any atom is 0.239 e. The normalized spacial score (nSPS) is 10.9. The number of aryl methyl sites for hydroxylation is 2. The lowest BCUT2D eigenvalue weighted by atomic mass is 10.3. The first-order valence-electron chi connectivity index (χ1n) is 6.59. The molecule has 0 saturated carbocycles. The largest absolute Gasteiger partial charge is 0.310 e. The first-order chi connectivity index (χ1) is 8.56. The highest BCUT2D eigenvalue weighted by Gasteiger charge is 2.10. The molecule has 1 heterocycles. The molecule has 0 spiro atoms. The number of carbonyl (C=O) groups excluding carboxylic acids is 1. The molecule has 18 heavy (non-hydrogen) atoms. The molecular formula is C13H24N4O. The standard InChI is InChI=1S/C13H24N4O/c1-5-7-8-17(6-2)10-13(18)14-12-9-11(3)15-16(12)4/h9H,5-8,10H2,1-4H3,(H,14,18). The lowest BCUT2D eigenvalue weighted by Crippen LogP contribution is -2.34. The minimum Gasteiger partial charge on any atom is -0.310 e. The SMILES string of the molecule is CCCCN(CC)CC(=O)Nc1cc(C)nn1C. The quantitative estimate of drug-likeness (QED) is 0.805. The number of rotatable bonds is 7. The Morgan fingerprint density at radius 1 is 1.50 bits per heavy atom. The van der Waals surface area contributed by atoms with Crippen molar-refractivity contribution in [1.29, 1.82) is 0 Å². The van der Waals surface area contributed by atoms with Crippen molar-refractivity contribution in [3.63, 3.8) is 0 Å². The van der Waals surface area contributed by atoms with Gasteiger partial charge >= 0.3 is 0 Å². The van der Waals surface area contributed by atoms with Gasteiger partial charge in [0.1, 0.15) is 5.82 Å². The van der Waals surface area contributed by atoms with Crippen LogP contribution in [0.4, 0.5) is 5.82 Å². The summed E-state index contributed by atoms with van der Waals surface area (Å²) in [6.07, 6.45) is 2.28. The summed E-state index contributed by atoms with van der Waals surface area (Å²) < 4.78 is 1.69. The Labute approximate surface area is 109 Å². The smallest absolute Gasteiger partial charge is 0.239 e. The zero-order valence-corrected chi connectivity index (χ0v) is 11.9. The summed E-state index contributed by atoms with van der Waals surface area (Å²) in [6, 6.07) is 1.88. The van der Waals surface area contributed by atoms with E-state index >= 15 is 0 Å². The lowest BCUT2D eigenvalue weighted by Gasteiger charge is -2.19. The molecule has 1 amide bonds. The number of amides is 1. The highest BCUT2D eigenvalue weighted by Crippen LogP contribution is 2.07. The highest BCUT2D eigenvalue weighted by atomic mass is 16.2. The van der Waals surface area contributed by atoms with Crippen LogP contribution in [0, 0.1) is 6.92 Å². The van der Waals surface area contributed by atoms with E-state index in [0.29, 0.717) is 6.54 Å². The summed E-state index contributed by atoms with van der Waals surface area (Å²) in [4.78, 5) is 14.1. The van der Waals surface area contributed by atoms with E-state index in [1.807, 2.05) is 20.0 Å². The molecule has 5 nitrogen and oxygen atoms in total. The molecule has 1 rings (SSSR count). The number of hydrogen-bond donors (Lipinski definition) is 1. The zero-order valence-electron chi connectivity index (χ0n) is 11.9. The number of carbonyl (C=O) groups is 1. The van der Waals surface area contributed by atoms with Gasteiger partial charge in [-0.3, -0.25) is 14.4 Å². The van der Waals surface area contributed by atoms with Gasteiger partial charge in [-0.1, -0.05) is 20.3 Å². The minimum atomic E-state index is 0.0240. The zero-order chi connectivity index (χ0) is 13.5. The fourth-order valence-corrected chi connectivity index (χ4v) is 1.84. The molecule has 1 aromatic rings. The molecular weight excluding hydrogens is 228 g/mol. The van der Waals surface area contributed by atoms with Crippen molar-refractivity contribution in [3.8, 4) is 0 Å². The summed E-state index contributed by atoms with van der Waals surface area (Å²) in [6.45, 7) is 8.47. The van der Waals surface area contributed by atoms with E-state index in [-0.39, 0.29) is 5.91 Å². The van der Waals surface area contributed by atoms with Crippen molar-refractivity contribution in [3.05, 3.63) is 11.8 Å². The predicted molar refractivity (Wildman–Crippen MR) is 73.6 cm³/mol. The third kappa shape index (κ3) is 4.49. The van der Waals surface area contributed by atoms with Crippen LogP contribution in [0.5, 0.6) is 0 Å². The minimum absolute atomic E-state index is 0.0240. The lowest BCUT2D eigenvalue weighted by molar-refractivity contribution is -0.117. The topological polar surface area (TPSA) is 50.2 Å². The maximum absolute atomic E-state index is 11.9. The predicted octanol–water partition coefficient (Wildman–Crippen LogP) is 1.79. The molecule has 0 fully saturated rings. The van der Waals surface area contributed by atoms with Crippen LogP contribution in [0.15, 0.2) is 6.07 Å². The van der Waals surface area contributed by atoms with Gasteiger partial charge in [-0.2, -0.15) is 5.10 Å². The highest BCUT2D eigenvalue weighted by molar-refractivity contribution is 5.91. The molecule has 0 aliphatic heterocycles. The molecule has 1 aromatic heterocycles. The summed E-state index contributed by atoms with van der Waals surface area (Å²) >= 11 is 0. The number of anilines is 1. The molecule has 0 bridgehead atoms. The fourth-order valence-electron chi connectivity index (χ4n) is 1.84. The number of nitrogens with one attached hydrogen (secondary N) is 1. The average Bonchev–Trinajstić information content (AvgIpc) is 2.63. The van der Waals surface area contributed by atoms with Gasteiger partial charge in [0.25, 0.3) is 0 Å². The Hall–Kier alpha value is -1.36. The van der Waals surface area contributed by atoms with Crippen LogP contribution in [0.25, 0.3) is 0 Å². The first kappa shape index (κ1) is 14.7. The van der Waals surface area contributed by atoms with Crippen molar-refractivity contribution in [1.82, 2.24) is 14.7 Å². The molecule has 1 N–H and O–H groups in total. The van der Waals surface area contributed by atoms with E-state index in [2.05, 4.69) is 29.2 Å². The molecule has 0 unspecified atom stereocenters. The van der Waals surface area contributed by atoms with Gasteiger partial charge in [0.05, 0.1) is 12.2 Å². The second-order valence-electron chi connectivity index (χ2n) is 4.57.